The molecule has 2 aromatic rings. The van der Waals surface area contributed by atoms with Gasteiger partial charge >= 0.3 is 0 Å². The number of nitrogens with zero attached hydrogens (tertiary/aromatic N) is 3. The summed E-state index contributed by atoms with van der Waals surface area (Å²) in [6.07, 6.45) is 8.27. The van der Waals surface area contributed by atoms with Crippen LogP contribution in [0.25, 0.3) is 5.65 Å². The third kappa shape index (κ3) is 2.69. The second-order valence-corrected chi connectivity index (χ2v) is 7.47. The molecule has 1 saturated carbocycles. The van der Waals surface area contributed by atoms with E-state index in [0.717, 1.165) is 17.9 Å². The number of fused-ring (bicyclic) bond motifs is 1. The number of hydrogen-bond donors (Lipinski definition) is 1. The largest absolute Gasteiger partial charge is 0.309 e. The molecule has 1 fully saturated rings. The Kier molecular flexibility index (Phi) is 3.97. The van der Waals surface area contributed by atoms with Crippen LogP contribution in [0.1, 0.15) is 49.2 Å². The Balaban J connectivity index is 1.78. The molecule has 0 spiro atoms. The Bertz CT molecular complexity index is 639. The minimum atomic E-state index is 0.302. The van der Waals surface area contributed by atoms with Crippen molar-refractivity contribution in [1.82, 2.24) is 19.9 Å². The first-order chi connectivity index (χ1) is 10.0. The van der Waals surface area contributed by atoms with Gasteiger partial charge in [0.15, 0.2) is 5.65 Å². The highest BCUT2D eigenvalue weighted by Gasteiger charge is 2.36. The van der Waals surface area contributed by atoms with Crippen molar-refractivity contribution in [3.8, 4) is 0 Å². The van der Waals surface area contributed by atoms with Gasteiger partial charge in [-0.15, -0.1) is 0 Å². The van der Waals surface area contributed by atoms with E-state index in [-0.39, 0.29) is 0 Å². The standard InChI is InChI=1S/C16H24N4S/c1-11-8-15-17-9-14(13(3)20(15)19-11)12(2)18-10-16(21-4)6-5-7-16/h8-9,12,18H,5-7,10H2,1-4H3. The molecule has 2 heterocycles. The summed E-state index contributed by atoms with van der Waals surface area (Å²) in [5.74, 6) is 0. The molecule has 3 rings (SSSR count). The highest BCUT2D eigenvalue weighted by atomic mass is 32.2. The Hall–Kier alpha value is -1.07. The van der Waals surface area contributed by atoms with Gasteiger partial charge in [-0.05, 0) is 39.9 Å². The van der Waals surface area contributed by atoms with Crippen molar-refractivity contribution >= 4 is 17.4 Å². The van der Waals surface area contributed by atoms with Gasteiger partial charge in [-0.3, -0.25) is 0 Å². The zero-order valence-corrected chi connectivity index (χ0v) is 14.1. The van der Waals surface area contributed by atoms with Gasteiger partial charge in [0, 0.05) is 40.9 Å². The summed E-state index contributed by atoms with van der Waals surface area (Å²) < 4.78 is 2.42. The third-order valence-corrected chi connectivity index (χ3v) is 6.20. The molecular formula is C16H24N4S. The molecule has 0 aromatic carbocycles. The topological polar surface area (TPSA) is 42.2 Å². The Labute approximate surface area is 130 Å². The van der Waals surface area contributed by atoms with Crippen molar-refractivity contribution in [1.29, 1.82) is 0 Å². The zero-order chi connectivity index (χ0) is 15.0. The van der Waals surface area contributed by atoms with Gasteiger partial charge in [-0.2, -0.15) is 16.9 Å². The van der Waals surface area contributed by atoms with Crippen molar-refractivity contribution in [2.75, 3.05) is 12.8 Å². The third-order valence-electron chi connectivity index (χ3n) is 4.78. The lowest BCUT2D eigenvalue weighted by Crippen LogP contribution is -2.44. The molecule has 114 valence electrons. The number of aryl methyl sites for hydroxylation is 2. The molecule has 2 aromatic heterocycles. The number of nitrogens with one attached hydrogen (secondary N) is 1. The fraction of sp³-hybridized carbons (Fsp3) is 0.625. The van der Waals surface area contributed by atoms with Crippen LogP contribution in [-0.2, 0) is 0 Å². The number of thioether (sulfide) groups is 1. The van der Waals surface area contributed by atoms with Crippen LogP contribution in [-0.4, -0.2) is 32.1 Å². The van der Waals surface area contributed by atoms with Gasteiger partial charge in [0.25, 0.3) is 0 Å². The Morgan fingerprint density at radius 1 is 1.43 bits per heavy atom. The normalized spacial score (nSPS) is 18.7. The minimum absolute atomic E-state index is 0.302. The van der Waals surface area contributed by atoms with Gasteiger partial charge in [-0.1, -0.05) is 6.42 Å². The molecule has 0 amide bonds. The van der Waals surface area contributed by atoms with Gasteiger partial charge < -0.3 is 5.32 Å². The molecule has 0 saturated heterocycles. The number of aromatic nitrogens is 3. The lowest BCUT2D eigenvalue weighted by Gasteiger charge is -2.41. The maximum Gasteiger partial charge on any atom is 0.155 e. The summed E-state index contributed by atoms with van der Waals surface area (Å²) in [7, 11) is 0. The quantitative estimate of drug-likeness (QED) is 0.920. The van der Waals surface area contributed by atoms with Crippen molar-refractivity contribution in [3.05, 3.63) is 29.2 Å². The van der Waals surface area contributed by atoms with Crippen LogP contribution in [0.15, 0.2) is 12.3 Å². The molecule has 0 radical (unpaired) electrons. The van der Waals surface area contributed by atoms with E-state index in [0.29, 0.717) is 10.8 Å². The first-order valence-electron chi connectivity index (χ1n) is 7.65. The van der Waals surface area contributed by atoms with Crippen LogP contribution in [0.5, 0.6) is 0 Å². The molecule has 1 aliphatic rings. The Morgan fingerprint density at radius 2 is 2.19 bits per heavy atom. The minimum Gasteiger partial charge on any atom is -0.309 e. The second-order valence-electron chi connectivity index (χ2n) is 6.20. The first-order valence-corrected chi connectivity index (χ1v) is 8.87. The van der Waals surface area contributed by atoms with Crippen LogP contribution >= 0.6 is 11.8 Å². The van der Waals surface area contributed by atoms with E-state index in [9.17, 15) is 0 Å². The lowest BCUT2D eigenvalue weighted by atomic mass is 9.84. The highest BCUT2D eigenvalue weighted by Crippen LogP contribution is 2.42. The molecule has 4 nitrogen and oxygen atoms in total. The van der Waals surface area contributed by atoms with Gasteiger partial charge in [0.05, 0.1) is 5.69 Å². The monoisotopic (exact) mass is 304 g/mol. The van der Waals surface area contributed by atoms with Crippen LogP contribution in [0, 0.1) is 13.8 Å². The number of rotatable bonds is 5. The highest BCUT2D eigenvalue weighted by molar-refractivity contribution is 8.00. The Morgan fingerprint density at radius 3 is 2.81 bits per heavy atom. The SMILES string of the molecule is CSC1(CNC(C)c2cnc3cc(C)nn3c2C)CCC1. The molecule has 1 unspecified atom stereocenters. The average Bonchev–Trinajstić information content (AvgIpc) is 2.80. The van der Waals surface area contributed by atoms with E-state index in [1.54, 1.807) is 0 Å². The van der Waals surface area contributed by atoms with E-state index in [1.165, 1.54) is 30.5 Å². The molecule has 0 bridgehead atoms. The fourth-order valence-corrected chi connectivity index (χ4v) is 4.00. The molecule has 0 aliphatic heterocycles. The van der Waals surface area contributed by atoms with Gasteiger partial charge in [-0.25, -0.2) is 9.50 Å². The van der Waals surface area contributed by atoms with Crippen molar-refractivity contribution in [3.63, 3.8) is 0 Å². The molecular weight excluding hydrogens is 280 g/mol. The molecule has 21 heavy (non-hydrogen) atoms. The summed E-state index contributed by atoms with van der Waals surface area (Å²) in [4.78, 5) is 4.54. The van der Waals surface area contributed by atoms with E-state index in [4.69, 9.17) is 0 Å². The van der Waals surface area contributed by atoms with Crippen molar-refractivity contribution in [2.45, 2.75) is 50.8 Å². The summed E-state index contributed by atoms with van der Waals surface area (Å²) >= 11 is 2.01. The van der Waals surface area contributed by atoms with Gasteiger partial charge in [0.2, 0.25) is 0 Å². The van der Waals surface area contributed by atoms with Crippen LogP contribution < -0.4 is 5.32 Å². The van der Waals surface area contributed by atoms with E-state index < -0.39 is 0 Å². The second kappa shape index (κ2) is 5.61. The van der Waals surface area contributed by atoms with E-state index in [2.05, 4.69) is 35.5 Å². The van der Waals surface area contributed by atoms with Gasteiger partial charge in [0.1, 0.15) is 0 Å². The van der Waals surface area contributed by atoms with E-state index >= 15 is 0 Å². The predicted molar refractivity (Wildman–Crippen MR) is 89.0 cm³/mol. The van der Waals surface area contributed by atoms with Crippen molar-refractivity contribution < 1.29 is 0 Å². The van der Waals surface area contributed by atoms with Crippen LogP contribution in [0.3, 0.4) is 0 Å². The summed E-state index contributed by atoms with van der Waals surface area (Å²) in [5, 5.41) is 8.23. The molecule has 1 N–H and O–H groups in total. The smallest absolute Gasteiger partial charge is 0.155 e. The van der Waals surface area contributed by atoms with E-state index in [1.807, 2.05) is 35.5 Å². The maximum absolute atomic E-state index is 4.54. The molecule has 1 atom stereocenters. The predicted octanol–water partition coefficient (Wildman–Crippen LogP) is 3.28. The van der Waals surface area contributed by atoms with Crippen LogP contribution in [0.2, 0.25) is 0 Å². The zero-order valence-electron chi connectivity index (χ0n) is 13.3. The average molecular weight is 304 g/mol. The molecule has 1 aliphatic carbocycles. The summed E-state index contributed by atoms with van der Waals surface area (Å²) in [6, 6.07) is 2.32. The number of hydrogen-bond acceptors (Lipinski definition) is 4. The molecule has 5 heteroatoms. The van der Waals surface area contributed by atoms with Crippen molar-refractivity contribution in [2.24, 2.45) is 0 Å². The fourth-order valence-electron chi connectivity index (χ4n) is 3.07. The summed E-state index contributed by atoms with van der Waals surface area (Å²) in [6.45, 7) is 7.43. The van der Waals surface area contributed by atoms with Crippen LogP contribution in [0.4, 0.5) is 0 Å². The maximum atomic E-state index is 4.54. The lowest BCUT2D eigenvalue weighted by molar-refractivity contribution is 0.334. The summed E-state index contributed by atoms with van der Waals surface area (Å²) in [5.41, 5.74) is 4.36. The first kappa shape index (κ1) is 14.9.